The summed E-state index contributed by atoms with van der Waals surface area (Å²) in [6, 6.07) is 5.51. The Morgan fingerprint density at radius 1 is 1.22 bits per heavy atom. The maximum absolute atomic E-state index is 15.6. The number of fused-ring (bicyclic) bond motifs is 5. The minimum atomic E-state index is -1.20. The first-order chi connectivity index (χ1) is 21.4. The van der Waals surface area contributed by atoms with E-state index in [0.717, 1.165) is 5.56 Å². The van der Waals surface area contributed by atoms with Crippen LogP contribution < -0.4 is 10.6 Å². The number of aryl methyl sites for hydroxylation is 1. The van der Waals surface area contributed by atoms with Crippen LogP contribution >= 0.6 is 34.8 Å². The number of hydrogen-bond donors (Lipinski definition) is 1. The number of benzene rings is 1. The number of rotatable bonds is 3. The molecule has 0 saturated carbocycles. The number of halogens is 5. The Balaban J connectivity index is 1.63. The van der Waals surface area contributed by atoms with Crippen LogP contribution in [0.25, 0.3) is 17.0 Å². The van der Waals surface area contributed by atoms with Gasteiger partial charge < -0.3 is 20.3 Å². The largest absolute Gasteiger partial charge is 0.395 e. The van der Waals surface area contributed by atoms with E-state index in [1.165, 1.54) is 6.08 Å². The molecule has 232 valence electrons. The van der Waals surface area contributed by atoms with E-state index in [2.05, 4.69) is 17.6 Å². The lowest BCUT2D eigenvalue weighted by Crippen LogP contribution is -2.54. The number of nitrogen functional groups attached to an aromatic ring is 1. The number of nitrogens with two attached hydrogens (primary N) is 1. The highest BCUT2D eigenvalue weighted by Gasteiger charge is 2.45. The van der Waals surface area contributed by atoms with Crippen molar-refractivity contribution in [3.63, 3.8) is 0 Å². The van der Waals surface area contributed by atoms with E-state index in [1.54, 1.807) is 22.1 Å². The van der Waals surface area contributed by atoms with Gasteiger partial charge in [-0.25, -0.2) is 13.8 Å². The molecule has 0 radical (unpaired) electrons. The number of hydrogen-bond acceptors (Lipinski definition) is 8. The molecule has 14 heteroatoms. The van der Waals surface area contributed by atoms with Gasteiger partial charge in [-0.15, -0.1) is 0 Å². The number of amides is 1. The summed E-state index contributed by atoms with van der Waals surface area (Å²) in [6.45, 7) is 10.4. The van der Waals surface area contributed by atoms with E-state index in [9.17, 15) is 14.4 Å². The molecule has 1 amide bonds. The number of ether oxygens (including phenoxy) is 1. The van der Waals surface area contributed by atoms with Gasteiger partial charge in [0.05, 0.1) is 44.1 Å². The Morgan fingerprint density at radius 2 is 1.96 bits per heavy atom. The van der Waals surface area contributed by atoms with Crippen molar-refractivity contribution in [1.29, 1.82) is 5.26 Å². The summed E-state index contributed by atoms with van der Waals surface area (Å²) in [6.07, 6.45) is 1.49. The molecule has 1 fully saturated rings. The zero-order valence-electron chi connectivity index (χ0n) is 24.3. The van der Waals surface area contributed by atoms with E-state index in [0.29, 0.717) is 47.8 Å². The molecular weight excluding hydrogens is 647 g/mol. The quantitative estimate of drug-likeness (QED) is 0.140. The molecular formula is C31H26Cl3F2N7O2. The number of nitriles is 1. The van der Waals surface area contributed by atoms with Gasteiger partial charge in [-0.3, -0.25) is 14.7 Å². The first kappa shape index (κ1) is 31.0. The van der Waals surface area contributed by atoms with Crippen LogP contribution in [0.4, 0.5) is 26.0 Å². The maximum Gasteiger partial charge on any atom is 0.246 e. The smallest absolute Gasteiger partial charge is 0.246 e. The molecule has 0 aliphatic carbocycles. The van der Waals surface area contributed by atoms with Gasteiger partial charge in [0.25, 0.3) is 0 Å². The van der Waals surface area contributed by atoms with Gasteiger partial charge in [0.1, 0.15) is 28.6 Å². The first-order valence-corrected chi connectivity index (χ1v) is 15.1. The molecule has 1 aromatic carbocycles. The van der Waals surface area contributed by atoms with E-state index in [-0.39, 0.29) is 34.0 Å². The highest BCUT2D eigenvalue weighted by molar-refractivity contribution is 6.39. The average molecular weight is 673 g/mol. The third-order valence-electron chi connectivity index (χ3n) is 8.35. The summed E-state index contributed by atoms with van der Waals surface area (Å²) < 4.78 is 36.6. The van der Waals surface area contributed by atoms with Gasteiger partial charge in [0.2, 0.25) is 5.91 Å². The van der Waals surface area contributed by atoms with Crippen LogP contribution in [0.3, 0.4) is 0 Å². The highest BCUT2D eigenvalue weighted by Crippen LogP contribution is 2.52. The standard InChI is InChI=1S/C31H26Cl3F2N7O2/c1-5-19(44)42-9-8-41(12-14(42)3)29-16-10-18(32)27(20-21(33)25(38)24(36)22(34)23(20)35)40-30(16)43-28-13(2)6-7-39-26(28)15(4)45-31(43)17(29)11-37/h5-7,10,14-15,31H,1,8-9,12,38H2,2-4H3/t14-,15?,31?/m1/s1. The lowest BCUT2D eigenvalue weighted by Gasteiger charge is -2.48. The number of anilines is 3. The van der Waals surface area contributed by atoms with E-state index >= 15 is 4.39 Å². The maximum atomic E-state index is 15.6. The minimum Gasteiger partial charge on any atom is -0.395 e. The summed E-state index contributed by atoms with van der Waals surface area (Å²) in [4.78, 5) is 27.3. The van der Waals surface area contributed by atoms with Gasteiger partial charge in [-0.2, -0.15) is 5.26 Å². The summed E-state index contributed by atoms with van der Waals surface area (Å²) in [7, 11) is 0. The highest BCUT2D eigenvalue weighted by atomic mass is 35.5. The molecule has 3 aliphatic heterocycles. The molecule has 0 bridgehead atoms. The molecule has 3 aromatic rings. The predicted molar refractivity (Wildman–Crippen MR) is 169 cm³/mol. The lowest BCUT2D eigenvalue weighted by molar-refractivity contribution is -0.129. The van der Waals surface area contributed by atoms with Crippen LogP contribution in [-0.4, -0.2) is 57.6 Å². The number of carbonyl (C=O) groups excluding carboxylic acids is 1. The second kappa shape index (κ2) is 11.4. The molecule has 9 nitrogen and oxygen atoms in total. The molecule has 1 saturated heterocycles. The number of nitrogens with zero attached hydrogens (tertiary/aromatic N) is 6. The Morgan fingerprint density at radius 3 is 2.62 bits per heavy atom. The van der Waals surface area contributed by atoms with Crippen molar-refractivity contribution in [1.82, 2.24) is 19.8 Å². The summed E-state index contributed by atoms with van der Waals surface area (Å²) >= 11 is 19.1. The third kappa shape index (κ3) is 4.70. The number of aromatic nitrogens is 2. The molecule has 3 aliphatic rings. The van der Waals surface area contributed by atoms with Crippen LogP contribution in [0, 0.1) is 29.9 Å². The Kier molecular flexibility index (Phi) is 7.90. The zero-order chi connectivity index (χ0) is 32.5. The molecule has 5 heterocycles. The fraction of sp³-hybridized carbons (Fsp3) is 0.290. The SMILES string of the molecule is C=CC(=O)N1CCN(C2=C(C#N)C3OC(C)c4nccc(C)c4N3c3nc(-c4c(F)c(Cl)c(F)c(N)c4Cl)c(Cl)cc32)C[C@H]1C. The van der Waals surface area contributed by atoms with Crippen molar-refractivity contribution in [2.24, 2.45) is 0 Å². The normalized spacial score (nSPS) is 20.8. The summed E-state index contributed by atoms with van der Waals surface area (Å²) in [5.74, 6) is -2.30. The van der Waals surface area contributed by atoms with Crippen LogP contribution in [0.2, 0.25) is 15.1 Å². The second-order valence-corrected chi connectivity index (χ2v) is 12.2. The summed E-state index contributed by atoms with van der Waals surface area (Å²) in [5.41, 5.74) is 8.13. The first-order valence-electron chi connectivity index (χ1n) is 14.0. The van der Waals surface area contributed by atoms with Crippen LogP contribution in [-0.2, 0) is 9.53 Å². The van der Waals surface area contributed by atoms with Crippen molar-refractivity contribution >= 4 is 63.6 Å². The Hall–Kier alpha value is -3.95. The van der Waals surface area contributed by atoms with E-state index < -0.39 is 39.7 Å². The van der Waals surface area contributed by atoms with E-state index in [4.69, 9.17) is 50.3 Å². The second-order valence-electron chi connectivity index (χ2n) is 11.0. The third-order valence-corrected chi connectivity index (χ3v) is 9.36. The Labute approximate surface area is 273 Å². The molecule has 3 atom stereocenters. The van der Waals surface area contributed by atoms with Crippen LogP contribution in [0.15, 0.2) is 36.6 Å². The predicted octanol–water partition coefficient (Wildman–Crippen LogP) is 6.80. The fourth-order valence-corrected chi connectivity index (χ4v) is 6.92. The monoisotopic (exact) mass is 671 g/mol. The van der Waals surface area contributed by atoms with E-state index in [1.807, 2.05) is 31.7 Å². The van der Waals surface area contributed by atoms with Gasteiger partial charge >= 0.3 is 0 Å². The molecule has 45 heavy (non-hydrogen) atoms. The number of pyridine rings is 2. The van der Waals surface area contributed by atoms with Gasteiger partial charge in [-0.1, -0.05) is 41.4 Å². The van der Waals surface area contributed by atoms with Crippen LogP contribution in [0.5, 0.6) is 0 Å². The summed E-state index contributed by atoms with van der Waals surface area (Å²) in [5, 5.41) is 9.30. The van der Waals surface area contributed by atoms with Crippen molar-refractivity contribution < 1.29 is 18.3 Å². The topological polar surface area (TPSA) is 112 Å². The Bertz CT molecular complexity index is 1850. The van der Waals surface area contributed by atoms with Crippen LogP contribution in [0.1, 0.15) is 36.8 Å². The zero-order valence-corrected chi connectivity index (χ0v) is 26.6. The lowest BCUT2D eigenvalue weighted by atomic mass is 9.93. The van der Waals surface area contributed by atoms with Crippen molar-refractivity contribution in [3.05, 3.63) is 80.1 Å². The molecule has 2 aromatic heterocycles. The molecule has 2 N–H and O–H groups in total. The van der Waals surface area contributed by atoms with Gasteiger partial charge in [0, 0.05) is 37.4 Å². The van der Waals surface area contributed by atoms with Gasteiger partial charge in [-0.05, 0) is 44.5 Å². The van der Waals surface area contributed by atoms with Crippen molar-refractivity contribution in [2.75, 3.05) is 30.3 Å². The molecule has 2 unspecified atom stereocenters. The number of carbonyl (C=O) groups is 1. The fourth-order valence-electron chi connectivity index (χ4n) is 6.22. The minimum absolute atomic E-state index is 0.0483. The van der Waals surface area contributed by atoms with Crippen molar-refractivity contribution in [3.8, 4) is 17.3 Å². The molecule has 0 spiro atoms. The van der Waals surface area contributed by atoms with Crippen molar-refractivity contribution in [2.45, 2.75) is 39.1 Å². The molecule has 6 rings (SSSR count). The average Bonchev–Trinajstić information content (AvgIpc) is 3.02. The van der Waals surface area contributed by atoms with Gasteiger partial charge in [0.15, 0.2) is 17.9 Å². The number of piperazine rings is 1.